The lowest BCUT2D eigenvalue weighted by molar-refractivity contribution is 0.371. The molecule has 1 aliphatic carbocycles. The molecule has 15 heavy (non-hydrogen) atoms. The molecular weight excluding hydrogens is 188 g/mol. The summed E-state index contributed by atoms with van der Waals surface area (Å²) >= 11 is 0. The number of aromatic nitrogens is 3. The fraction of sp³-hybridized carbons (Fsp3) is 0.818. The highest BCUT2D eigenvalue weighted by Crippen LogP contribution is 2.38. The minimum atomic E-state index is -0.0847. The van der Waals surface area contributed by atoms with E-state index in [-0.39, 0.29) is 5.54 Å². The molecule has 1 aliphatic rings. The van der Waals surface area contributed by atoms with Crippen LogP contribution < -0.4 is 5.32 Å². The third kappa shape index (κ3) is 1.91. The SMILES string of the molecule is CCNC(C)(C)c1nnc(C)n1C1CC1. The molecule has 0 aromatic carbocycles. The number of aryl methyl sites for hydroxylation is 1. The first-order valence-electron chi connectivity index (χ1n) is 5.73. The average molecular weight is 208 g/mol. The molecule has 0 atom stereocenters. The molecule has 84 valence electrons. The second-order valence-electron chi connectivity index (χ2n) is 4.83. The number of hydrogen-bond donors (Lipinski definition) is 1. The molecule has 0 aliphatic heterocycles. The van der Waals surface area contributed by atoms with E-state index in [4.69, 9.17) is 0 Å². The summed E-state index contributed by atoms with van der Waals surface area (Å²) in [5.41, 5.74) is -0.0847. The molecule has 0 bridgehead atoms. The quantitative estimate of drug-likeness (QED) is 0.820. The van der Waals surface area contributed by atoms with E-state index in [0.29, 0.717) is 6.04 Å². The highest BCUT2D eigenvalue weighted by molar-refractivity contribution is 5.09. The van der Waals surface area contributed by atoms with Gasteiger partial charge in [-0.2, -0.15) is 0 Å². The van der Waals surface area contributed by atoms with Crippen molar-refractivity contribution in [3.8, 4) is 0 Å². The van der Waals surface area contributed by atoms with Crippen molar-refractivity contribution in [2.75, 3.05) is 6.54 Å². The van der Waals surface area contributed by atoms with Crippen LogP contribution in [0.5, 0.6) is 0 Å². The Morgan fingerprint density at radius 2 is 2.07 bits per heavy atom. The Kier molecular flexibility index (Phi) is 2.54. The van der Waals surface area contributed by atoms with Crippen LogP contribution in [0, 0.1) is 6.92 Å². The molecule has 2 rings (SSSR count). The van der Waals surface area contributed by atoms with Crippen molar-refractivity contribution >= 4 is 0 Å². The lowest BCUT2D eigenvalue weighted by Crippen LogP contribution is -2.39. The van der Waals surface area contributed by atoms with Crippen LogP contribution in [-0.4, -0.2) is 21.3 Å². The van der Waals surface area contributed by atoms with Gasteiger partial charge in [0.25, 0.3) is 0 Å². The van der Waals surface area contributed by atoms with Crippen molar-refractivity contribution in [3.63, 3.8) is 0 Å². The maximum Gasteiger partial charge on any atom is 0.153 e. The minimum absolute atomic E-state index is 0.0847. The van der Waals surface area contributed by atoms with Crippen LogP contribution in [-0.2, 0) is 5.54 Å². The van der Waals surface area contributed by atoms with E-state index in [1.165, 1.54) is 12.8 Å². The van der Waals surface area contributed by atoms with E-state index in [1.807, 2.05) is 6.92 Å². The van der Waals surface area contributed by atoms with Gasteiger partial charge in [0.1, 0.15) is 5.82 Å². The van der Waals surface area contributed by atoms with Gasteiger partial charge in [-0.3, -0.25) is 0 Å². The molecule has 4 heteroatoms. The van der Waals surface area contributed by atoms with Crippen LogP contribution in [0.3, 0.4) is 0 Å². The monoisotopic (exact) mass is 208 g/mol. The molecule has 0 radical (unpaired) electrons. The standard InChI is InChI=1S/C11H20N4/c1-5-12-11(3,4)10-14-13-8(2)15(10)9-6-7-9/h9,12H,5-7H2,1-4H3. The molecule has 0 unspecified atom stereocenters. The highest BCUT2D eigenvalue weighted by atomic mass is 15.3. The molecule has 1 N–H and O–H groups in total. The molecule has 0 saturated heterocycles. The van der Waals surface area contributed by atoms with Gasteiger partial charge >= 0.3 is 0 Å². The summed E-state index contributed by atoms with van der Waals surface area (Å²) < 4.78 is 2.29. The van der Waals surface area contributed by atoms with Crippen molar-refractivity contribution < 1.29 is 0 Å². The summed E-state index contributed by atoms with van der Waals surface area (Å²) in [5, 5.41) is 12.0. The van der Waals surface area contributed by atoms with E-state index < -0.39 is 0 Å². The topological polar surface area (TPSA) is 42.7 Å². The van der Waals surface area contributed by atoms with Crippen LogP contribution in [0.1, 0.15) is 51.3 Å². The molecule has 1 aromatic rings. The van der Waals surface area contributed by atoms with Gasteiger partial charge in [0.2, 0.25) is 0 Å². The van der Waals surface area contributed by atoms with Crippen molar-refractivity contribution in [3.05, 3.63) is 11.6 Å². The molecule has 4 nitrogen and oxygen atoms in total. The third-order valence-electron chi connectivity index (χ3n) is 2.96. The van der Waals surface area contributed by atoms with E-state index in [9.17, 15) is 0 Å². The van der Waals surface area contributed by atoms with Crippen LogP contribution in [0.4, 0.5) is 0 Å². The van der Waals surface area contributed by atoms with Crippen LogP contribution >= 0.6 is 0 Å². The number of rotatable bonds is 4. The lowest BCUT2D eigenvalue weighted by atomic mass is 10.0. The van der Waals surface area contributed by atoms with Crippen LogP contribution in [0.2, 0.25) is 0 Å². The Hall–Kier alpha value is -0.900. The first kappa shape index (κ1) is 10.6. The summed E-state index contributed by atoms with van der Waals surface area (Å²) in [5.74, 6) is 2.11. The maximum absolute atomic E-state index is 4.32. The predicted octanol–water partition coefficient (Wildman–Crippen LogP) is 1.77. The molecular formula is C11H20N4. The lowest BCUT2D eigenvalue weighted by Gasteiger charge is -2.25. The second-order valence-corrected chi connectivity index (χ2v) is 4.83. The van der Waals surface area contributed by atoms with Gasteiger partial charge in [-0.25, -0.2) is 0 Å². The smallest absolute Gasteiger partial charge is 0.153 e. The largest absolute Gasteiger partial charge is 0.311 e. The summed E-state index contributed by atoms with van der Waals surface area (Å²) in [4.78, 5) is 0. The van der Waals surface area contributed by atoms with Gasteiger partial charge in [-0.05, 0) is 40.2 Å². The number of nitrogens with one attached hydrogen (secondary N) is 1. The van der Waals surface area contributed by atoms with Crippen LogP contribution in [0.15, 0.2) is 0 Å². The zero-order chi connectivity index (χ0) is 11.1. The van der Waals surface area contributed by atoms with Gasteiger partial charge in [0.15, 0.2) is 5.82 Å². The number of nitrogens with zero attached hydrogens (tertiary/aromatic N) is 3. The second kappa shape index (κ2) is 3.59. The Balaban J connectivity index is 2.34. The minimum Gasteiger partial charge on any atom is -0.311 e. The highest BCUT2D eigenvalue weighted by Gasteiger charge is 2.34. The summed E-state index contributed by atoms with van der Waals surface area (Å²) in [7, 11) is 0. The van der Waals surface area contributed by atoms with Crippen molar-refractivity contribution in [2.24, 2.45) is 0 Å². The molecule has 1 fully saturated rings. The zero-order valence-corrected chi connectivity index (χ0v) is 10.0. The Bertz CT molecular complexity index is 349. The predicted molar refractivity (Wildman–Crippen MR) is 59.7 cm³/mol. The first-order chi connectivity index (χ1) is 7.06. The fourth-order valence-corrected chi connectivity index (χ4v) is 2.09. The first-order valence-corrected chi connectivity index (χ1v) is 5.73. The van der Waals surface area contributed by atoms with Gasteiger partial charge < -0.3 is 9.88 Å². The van der Waals surface area contributed by atoms with Gasteiger partial charge in [-0.1, -0.05) is 6.92 Å². The number of hydrogen-bond acceptors (Lipinski definition) is 3. The fourth-order valence-electron chi connectivity index (χ4n) is 2.09. The van der Waals surface area contributed by atoms with Crippen molar-refractivity contribution in [2.45, 2.75) is 52.1 Å². The summed E-state index contributed by atoms with van der Waals surface area (Å²) in [6.07, 6.45) is 2.54. The van der Waals surface area contributed by atoms with Crippen LogP contribution in [0.25, 0.3) is 0 Å². The summed E-state index contributed by atoms with van der Waals surface area (Å²) in [6.45, 7) is 9.44. The molecule has 1 aromatic heterocycles. The van der Waals surface area contributed by atoms with E-state index in [2.05, 4.69) is 40.9 Å². The van der Waals surface area contributed by atoms with Gasteiger partial charge in [0, 0.05) is 6.04 Å². The summed E-state index contributed by atoms with van der Waals surface area (Å²) in [6, 6.07) is 0.646. The van der Waals surface area contributed by atoms with Gasteiger partial charge in [0.05, 0.1) is 5.54 Å². The van der Waals surface area contributed by atoms with Crippen molar-refractivity contribution in [1.29, 1.82) is 0 Å². The van der Waals surface area contributed by atoms with E-state index >= 15 is 0 Å². The third-order valence-corrected chi connectivity index (χ3v) is 2.96. The average Bonchev–Trinajstić information content (AvgIpc) is 2.89. The van der Waals surface area contributed by atoms with E-state index in [0.717, 1.165) is 18.2 Å². The van der Waals surface area contributed by atoms with E-state index in [1.54, 1.807) is 0 Å². The molecule has 1 heterocycles. The van der Waals surface area contributed by atoms with Crippen molar-refractivity contribution in [1.82, 2.24) is 20.1 Å². The Morgan fingerprint density at radius 3 is 2.60 bits per heavy atom. The Labute approximate surface area is 91.1 Å². The van der Waals surface area contributed by atoms with Gasteiger partial charge in [-0.15, -0.1) is 10.2 Å². The molecule has 0 spiro atoms. The zero-order valence-electron chi connectivity index (χ0n) is 10.0. The normalized spacial score (nSPS) is 17.1. The molecule has 1 saturated carbocycles. The maximum atomic E-state index is 4.32. The Morgan fingerprint density at radius 1 is 1.40 bits per heavy atom. The molecule has 0 amide bonds.